The minimum atomic E-state index is -0.182. The number of hydrogen-bond donors (Lipinski definition) is 0. The zero-order valence-corrected chi connectivity index (χ0v) is 21.1. The maximum atomic E-state index is 12.8. The number of carbonyl (C=O) groups excluding carboxylic acids is 3. The number of hydrogen-bond acceptors (Lipinski definition) is 7. The molecule has 0 radical (unpaired) electrons. The van der Waals surface area contributed by atoms with Gasteiger partial charge in [-0.1, -0.05) is 42.5 Å². The Bertz CT molecular complexity index is 866. The second-order valence-electron chi connectivity index (χ2n) is 7.37. The SMILES string of the molecule is CCOC(=O)CCCCCN1C(=O)/C(=C\c2ccc(OCC(=O)N(CC)CC)cc2)SC1=S. The molecule has 1 fully saturated rings. The van der Waals surface area contributed by atoms with Crippen LogP contribution >= 0.6 is 24.0 Å². The van der Waals surface area contributed by atoms with Crippen molar-refractivity contribution in [2.45, 2.75) is 46.5 Å². The van der Waals surface area contributed by atoms with Gasteiger partial charge in [-0.15, -0.1) is 0 Å². The van der Waals surface area contributed by atoms with E-state index in [0.717, 1.165) is 24.8 Å². The van der Waals surface area contributed by atoms with Crippen LogP contribution in [0.15, 0.2) is 29.2 Å². The molecule has 0 N–H and O–H groups in total. The largest absolute Gasteiger partial charge is 0.484 e. The van der Waals surface area contributed by atoms with Crippen LogP contribution in [0, 0.1) is 0 Å². The van der Waals surface area contributed by atoms with Gasteiger partial charge in [0.15, 0.2) is 6.61 Å². The number of thiocarbonyl (C=S) groups is 1. The number of likely N-dealkylation sites (N-methyl/N-ethyl adjacent to an activating group) is 1. The van der Waals surface area contributed by atoms with Crippen LogP contribution in [-0.2, 0) is 19.1 Å². The Morgan fingerprint density at radius 3 is 2.42 bits per heavy atom. The molecule has 33 heavy (non-hydrogen) atoms. The van der Waals surface area contributed by atoms with Crippen LogP contribution in [0.25, 0.3) is 6.08 Å². The van der Waals surface area contributed by atoms with E-state index in [-0.39, 0.29) is 24.4 Å². The van der Waals surface area contributed by atoms with Gasteiger partial charge < -0.3 is 14.4 Å². The van der Waals surface area contributed by atoms with Crippen molar-refractivity contribution in [3.8, 4) is 5.75 Å². The van der Waals surface area contributed by atoms with Crippen molar-refractivity contribution in [3.05, 3.63) is 34.7 Å². The van der Waals surface area contributed by atoms with E-state index in [2.05, 4.69) is 0 Å². The van der Waals surface area contributed by atoms with Gasteiger partial charge in [-0.2, -0.15) is 0 Å². The van der Waals surface area contributed by atoms with Gasteiger partial charge in [0.1, 0.15) is 10.1 Å². The molecule has 1 aromatic rings. The monoisotopic (exact) mass is 492 g/mol. The molecule has 0 aliphatic carbocycles. The summed E-state index contributed by atoms with van der Waals surface area (Å²) in [6.07, 6.45) is 4.54. The zero-order chi connectivity index (χ0) is 24.2. The molecule has 1 heterocycles. The molecule has 0 spiro atoms. The van der Waals surface area contributed by atoms with E-state index in [1.165, 1.54) is 11.8 Å². The summed E-state index contributed by atoms with van der Waals surface area (Å²) in [6.45, 7) is 7.91. The van der Waals surface area contributed by atoms with Crippen LogP contribution in [0.4, 0.5) is 0 Å². The molecule has 0 bridgehead atoms. The highest BCUT2D eigenvalue weighted by Crippen LogP contribution is 2.33. The van der Waals surface area contributed by atoms with Gasteiger partial charge in [0.25, 0.3) is 11.8 Å². The average molecular weight is 493 g/mol. The normalized spacial score (nSPS) is 14.6. The van der Waals surface area contributed by atoms with Gasteiger partial charge in [-0.05, 0) is 57.4 Å². The van der Waals surface area contributed by atoms with Gasteiger partial charge in [0.2, 0.25) is 0 Å². The topological polar surface area (TPSA) is 76.1 Å². The number of benzene rings is 1. The van der Waals surface area contributed by atoms with Crippen LogP contribution in [0.2, 0.25) is 0 Å². The Labute approximate surface area is 205 Å². The maximum absolute atomic E-state index is 12.8. The minimum Gasteiger partial charge on any atom is -0.484 e. The molecule has 0 unspecified atom stereocenters. The van der Waals surface area contributed by atoms with Crippen molar-refractivity contribution < 1.29 is 23.9 Å². The number of unbranched alkanes of at least 4 members (excludes halogenated alkanes) is 2. The highest BCUT2D eigenvalue weighted by Gasteiger charge is 2.31. The molecular formula is C24H32N2O5S2. The van der Waals surface area contributed by atoms with E-state index < -0.39 is 0 Å². The fourth-order valence-corrected chi connectivity index (χ4v) is 4.57. The lowest BCUT2D eigenvalue weighted by Crippen LogP contribution is -2.34. The first-order chi connectivity index (χ1) is 15.9. The fourth-order valence-electron chi connectivity index (χ4n) is 3.27. The molecule has 0 atom stereocenters. The molecule has 9 heteroatoms. The summed E-state index contributed by atoms with van der Waals surface area (Å²) in [6, 6.07) is 7.26. The molecule has 1 aliphatic heterocycles. The molecule has 0 saturated carbocycles. The third-order valence-corrected chi connectivity index (χ3v) is 6.48. The summed E-state index contributed by atoms with van der Waals surface area (Å²) in [4.78, 5) is 40.1. The van der Waals surface area contributed by atoms with Gasteiger partial charge in [0.05, 0.1) is 11.5 Å². The predicted octanol–water partition coefficient (Wildman–Crippen LogP) is 4.26. The zero-order valence-electron chi connectivity index (χ0n) is 19.5. The lowest BCUT2D eigenvalue weighted by Gasteiger charge is -2.18. The van der Waals surface area contributed by atoms with Gasteiger partial charge >= 0.3 is 5.97 Å². The summed E-state index contributed by atoms with van der Waals surface area (Å²) in [5, 5.41) is 0. The third-order valence-electron chi connectivity index (χ3n) is 5.10. The lowest BCUT2D eigenvalue weighted by atomic mass is 10.2. The molecule has 180 valence electrons. The highest BCUT2D eigenvalue weighted by atomic mass is 32.2. The Morgan fingerprint density at radius 1 is 1.09 bits per heavy atom. The number of thioether (sulfide) groups is 1. The number of amides is 2. The van der Waals surface area contributed by atoms with Gasteiger partial charge in [-0.3, -0.25) is 19.3 Å². The number of esters is 1. The minimum absolute atomic E-state index is 0.000523. The second-order valence-corrected chi connectivity index (χ2v) is 9.05. The summed E-state index contributed by atoms with van der Waals surface area (Å²) in [5.74, 6) is 0.273. The quantitative estimate of drug-likeness (QED) is 0.176. The number of carbonyl (C=O) groups is 3. The van der Waals surface area contributed by atoms with Crippen molar-refractivity contribution in [3.63, 3.8) is 0 Å². The van der Waals surface area contributed by atoms with Gasteiger partial charge in [0, 0.05) is 26.1 Å². The van der Waals surface area contributed by atoms with Crippen LogP contribution in [0.5, 0.6) is 5.75 Å². The molecule has 1 aromatic carbocycles. The van der Waals surface area contributed by atoms with E-state index in [1.54, 1.807) is 28.9 Å². The number of ether oxygens (including phenoxy) is 2. The van der Waals surface area contributed by atoms with E-state index in [1.807, 2.05) is 32.1 Å². The van der Waals surface area contributed by atoms with Gasteiger partial charge in [-0.25, -0.2) is 0 Å². The van der Waals surface area contributed by atoms with E-state index >= 15 is 0 Å². The molecule has 1 saturated heterocycles. The average Bonchev–Trinajstić information content (AvgIpc) is 3.06. The predicted molar refractivity (Wildman–Crippen MR) is 135 cm³/mol. The molecule has 0 aromatic heterocycles. The second kappa shape index (κ2) is 14.0. The maximum Gasteiger partial charge on any atom is 0.305 e. The number of rotatable bonds is 13. The van der Waals surface area contributed by atoms with Crippen LogP contribution in [0.1, 0.15) is 52.0 Å². The van der Waals surface area contributed by atoms with E-state index in [9.17, 15) is 14.4 Å². The Balaban J connectivity index is 1.84. The molecular weight excluding hydrogens is 460 g/mol. The van der Waals surface area contributed by atoms with Crippen molar-refractivity contribution in [2.75, 3.05) is 32.8 Å². The molecule has 1 aliphatic rings. The van der Waals surface area contributed by atoms with E-state index in [0.29, 0.717) is 47.6 Å². The van der Waals surface area contributed by atoms with Crippen molar-refractivity contribution >= 4 is 52.2 Å². The third kappa shape index (κ3) is 8.47. The van der Waals surface area contributed by atoms with Crippen molar-refractivity contribution in [2.24, 2.45) is 0 Å². The first-order valence-electron chi connectivity index (χ1n) is 11.3. The van der Waals surface area contributed by atoms with Crippen molar-refractivity contribution in [1.29, 1.82) is 0 Å². The first kappa shape index (κ1) is 26.9. The Kier molecular flexibility index (Phi) is 11.4. The molecule has 2 rings (SSSR count). The highest BCUT2D eigenvalue weighted by molar-refractivity contribution is 8.26. The lowest BCUT2D eigenvalue weighted by molar-refractivity contribution is -0.143. The Hall–Kier alpha value is -2.39. The smallest absolute Gasteiger partial charge is 0.305 e. The summed E-state index contributed by atoms with van der Waals surface area (Å²) < 4.78 is 11.0. The summed E-state index contributed by atoms with van der Waals surface area (Å²) >= 11 is 6.67. The Morgan fingerprint density at radius 2 is 1.79 bits per heavy atom. The van der Waals surface area contributed by atoms with Crippen LogP contribution in [-0.4, -0.2) is 64.8 Å². The standard InChI is InChI=1S/C24H32N2O5S2/c1-4-25(5-2)21(27)17-31-19-13-11-18(12-14-19)16-20-23(29)26(24(32)33-20)15-9-7-8-10-22(28)30-6-3/h11-14,16H,4-10,15,17H2,1-3H3/b20-16+. The van der Waals surface area contributed by atoms with Crippen LogP contribution < -0.4 is 4.74 Å². The first-order valence-corrected chi connectivity index (χ1v) is 12.5. The fraction of sp³-hybridized carbons (Fsp3) is 0.500. The molecule has 7 nitrogen and oxygen atoms in total. The van der Waals surface area contributed by atoms with E-state index in [4.69, 9.17) is 21.7 Å². The molecule has 2 amide bonds. The van der Waals surface area contributed by atoms with Crippen molar-refractivity contribution in [1.82, 2.24) is 9.80 Å². The van der Waals surface area contributed by atoms with Crippen LogP contribution in [0.3, 0.4) is 0 Å². The summed E-state index contributed by atoms with van der Waals surface area (Å²) in [5.41, 5.74) is 0.854. The summed E-state index contributed by atoms with van der Waals surface area (Å²) in [7, 11) is 0. The number of nitrogens with zero attached hydrogens (tertiary/aromatic N) is 2.